The van der Waals surface area contributed by atoms with Gasteiger partial charge in [0.05, 0.1) is 12.5 Å². The molecule has 7 rings (SSSR count). The minimum absolute atomic E-state index is 0.000376. The number of amides is 2. The van der Waals surface area contributed by atoms with Crippen LogP contribution in [0.15, 0.2) is 36.4 Å². The molecule has 0 radical (unpaired) electrons. The summed E-state index contributed by atoms with van der Waals surface area (Å²) in [5.41, 5.74) is 0.898. The van der Waals surface area contributed by atoms with Gasteiger partial charge >= 0.3 is 0 Å². The second-order valence-electron chi connectivity index (χ2n) is 11.1. The van der Waals surface area contributed by atoms with Gasteiger partial charge in [0.1, 0.15) is 11.8 Å². The molecule has 5 aliphatic rings. The van der Waals surface area contributed by atoms with Crippen LogP contribution in [0.4, 0.5) is 0 Å². The first-order valence-electron chi connectivity index (χ1n) is 12.7. The molecular weight excluding hydrogens is 412 g/mol. The maximum atomic E-state index is 13.8. The summed E-state index contributed by atoms with van der Waals surface area (Å²) >= 11 is 0. The van der Waals surface area contributed by atoms with E-state index < -0.39 is 0 Å². The molecule has 5 fully saturated rings. The molecule has 1 aliphatic heterocycles. The van der Waals surface area contributed by atoms with Crippen LogP contribution in [-0.4, -0.2) is 36.4 Å². The Kier molecular flexibility index (Phi) is 5.11. The van der Waals surface area contributed by atoms with E-state index in [9.17, 15) is 9.59 Å². The monoisotopic (exact) mass is 446 g/mol. The van der Waals surface area contributed by atoms with E-state index >= 15 is 0 Å². The molecule has 1 atom stereocenters. The van der Waals surface area contributed by atoms with E-state index in [1.807, 2.05) is 23.1 Å². The minimum Gasteiger partial charge on any atom is -0.497 e. The second-order valence-corrected chi connectivity index (χ2v) is 11.1. The largest absolute Gasteiger partial charge is 0.497 e. The third kappa shape index (κ3) is 3.70. The highest BCUT2D eigenvalue weighted by molar-refractivity contribution is 5.91. The highest BCUT2D eigenvalue weighted by Crippen LogP contribution is 2.60. The normalized spacial score (nSPS) is 32.3. The molecule has 174 valence electrons. The molecule has 33 heavy (non-hydrogen) atoms. The molecule has 4 saturated carbocycles. The highest BCUT2D eigenvalue weighted by Gasteiger charge is 2.56. The lowest BCUT2D eigenvalue weighted by Gasteiger charge is -2.56. The smallest absolute Gasteiger partial charge is 0.243 e. The van der Waals surface area contributed by atoms with Gasteiger partial charge in [-0.15, -0.1) is 0 Å². The molecule has 5 heteroatoms. The summed E-state index contributed by atoms with van der Waals surface area (Å²) in [7, 11) is 1.67. The van der Waals surface area contributed by atoms with Crippen molar-refractivity contribution in [2.24, 2.45) is 23.2 Å². The Labute approximate surface area is 195 Å². The molecule has 1 saturated heterocycles. The molecule has 2 amide bonds. The van der Waals surface area contributed by atoms with Crippen molar-refractivity contribution in [1.82, 2.24) is 10.2 Å². The van der Waals surface area contributed by atoms with Gasteiger partial charge in [-0.3, -0.25) is 9.59 Å². The van der Waals surface area contributed by atoms with Gasteiger partial charge in [0, 0.05) is 13.1 Å². The van der Waals surface area contributed by atoms with E-state index in [0.717, 1.165) is 78.5 Å². The van der Waals surface area contributed by atoms with E-state index in [2.05, 4.69) is 23.5 Å². The average Bonchev–Trinajstić information content (AvgIpc) is 3.30. The van der Waals surface area contributed by atoms with E-state index in [4.69, 9.17) is 4.74 Å². The zero-order valence-electron chi connectivity index (χ0n) is 19.5. The van der Waals surface area contributed by atoms with Gasteiger partial charge in [0.2, 0.25) is 11.8 Å². The van der Waals surface area contributed by atoms with Gasteiger partial charge in [-0.05, 0) is 104 Å². The van der Waals surface area contributed by atoms with E-state index in [1.165, 1.54) is 19.3 Å². The van der Waals surface area contributed by atoms with Crippen LogP contribution in [0.5, 0.6) is 5.75 Å². The number of hydrogen-bond donors (Lipinski definition) is 1. The summed E-state index contributed by atoms with van der Waals surface area (Å²) in [6, 6.07) is 11.9. The van der Waals surface area contributed by atoms with Gasteiger partial charge in [0.25, 0.3) is 0 Å². The molecule has 2 aromatic rings. The van der Waals surface area contributed by atoms with Crippen molar-refractivity contribution in [1.29, 1.82) is 0 Å². The van der Waals surface area contributed by atoms with Gasteiger partial charge in [-0.25, -0.2) is 0 Å². The summed E-state index contributed by atoms with van der Waals surface area (Å²) in [6.45, 7) is 1.22. The van der Waals surface area contributed by atoms with Crippen molar-refractivity contribution < 1.29 is 14.3 Å². The van der Waals surface area contributed by atoms with Crippen molar-refractivity contribution in [2.45, 2.75) is 64.0 Å². The summed E-state index contributed by atoms with van der Waals surface area (Å²) in [6.07, 6.45) is 8.87. The lowest BCUT2D eigenvalue weighted by molar-refractivity contribution is -0.160. The third-order valence-corrected chi connectivity index (χ3v) is 8.89. The average molecular weight is 447 g/mol. The molecule has 0 spiro atoms. The van der Waals surface area contributed by atoms with Crippen LogP contribution in [0.25, 0.3) is 10.8 Å². The number of rotatable bonds is 5. The number of carbonyl (C=O) groups excluding carboxylic acids is 2. The molecule has 0 aromatic heterocycles. The Morgan fingerprint density at radius 3 is 2.36 bits per heavy atom. The van der Waals surface area contributed by atoms with Gasteiger partial charge in [0.15, 0.2) is 0 Å². The number of nitrogens with one attached hydrogen (secondary N) is 1. The molecule has 5 nitrogen and oxygen atoms in total. The van der Waals surface area contributed by atoms with Crippen LogP contribution < -0.4 is 10.1 Å². The predicted octanol–water partition coefficient (Wildman–Crippen LogP) is 4.67. The number of fused-ring (bicyclic) bond motifs is 1. The zero-order valence-corrected chi connectivity index (χ0v) is 19.5. The van der Waals surface area contributed by atoms with Crippen molar-refractivity contribution in [3.63, 3.8) is 0 Å². The number of carbonyl (C=O) groups is 2. The van der Waals surface area contributed by atoms with E-state index in [-0.39, 0.29) is 17.4 Å². The third-order valence-electron chi connectivity index (χ3n) is 8.89. The maximum Gasteiger partial charge on any atom is 0.243 e. The first kappa shape index (κ1) is 21.0. The van der Waals surface area contributed by atoms with Crippen molar-refractivity contribution in [3.05, 3.63) is 42.0 Å². The minimum atomic E-state index is -0.310. The molecule has 1 heterocycles. The molecule has 1 unspecified atom stereocenters. The van der Waals surface area contributed by atoms with Gasteiger partial charge < -0.3 is 15.0 Å². The summed E-state index contributed by atoms with van der Waals surface area (Å²) in [5, 5.41) is 5.37. The Bertz CT molecular complexity index is 1060. The zero-order chi connectivity index (χ0) is 22.6. The Hall–Kier alpha value is -2.56. The van der Waals surface area contributed by atoms with Gasteiger partial charge in [-0.1, -0.05) is 18.2 Å². The molecule has 4 bridgehead atoms. The van der Waals surface area contributed by atoms with Crippen LogP contribution in [0.1, 0.15) is 56.9 Å². The predicted molar refractivity (Wildman–Crippen MR) is 128 cm³/mol. The standard InChI is InChI=1S/C28H34N2O3/c1-33-24-7-6-22-12-18(4-5-23(22)13-24)17-29-26(31)25-3-2-8-30(25)27(32)28-14-19-9-20(15-28)11-21(10-19)16-28/h4-7,12-13,19-21,25H,2-3,8-11,14-17H2,1H3,(H,29,31). The van der Waals surface area contributed by atoms with Gasteiger partial charge in [-0.2, -0.15) is 0 Å². The second kappa shape index (κ2) is 8.03. The van der Waals surface area contributed by atoms with Crippen LogP contribution in [0.3, 0.4) is 0 Å². The lowest BCUT2D eigenvalue weighted by Crippen LogP contribution is -2.57. The van der Waals surface area contributed by atoms with Crippen molar-refractivity contribution >= 4 is 22.6 Å². The van der Waals surface area contributed by atoms with Crippen LogP contribution in [0, 0.1) is 23.2 Å². The molecular formula is C28H34N2O3. The summed E-state index contributed by atoms with van der Waals surface area (Å²) in [4.78, 5) is 29.0. The van der Waals surface area contributed by atoms with Crippen molar-refractivity contribution in [3.8, 4) is 5.75 Å². The quantitative estimate of drug-likeness (QED) is 0.726. The fourth-order valence-corrected chi connectivity index (χ4v) is 7.78. The van der Waals surface area contributed by atoms with E-state index in [1.54, 1.807) is 7.11 Å². The van der Waals surface area contributed by atoms with Crippen molar-refractivity contribution in [2.75, 3.05) is 13.7 Å². The molecule has 4 aliphatic carbocycles. The first-order valence-corrected chi connectivity index (χ1v) is 12.7. The fraction of sp³-hybridized carbons (Fsp3) is 0.571. The Morgan fingerprint density at radius 2 is 1.67 bits per heavy atom. The molecule has 1 N–H and O–H groups in total. The Morgan fingerprint density at radius 1 is 1.00 bits per heavy atom. The number of benzene rings is 2. The number of methoxy groups -OCH3 is 1. The van der Waals surface area contributed by atoms with Crippen LogP contribution in [-0.2, 0) is 16.1 Å². The van der Waals surface area contributed by atoms with Crippen LogP contribution >= 0.6 is 0 Å². The number of nitrogens with zero attached hydrogens (tertiary/aromatic N) is 1. The fourth-order valence-electron chi connectivity index (χ4n) is 7.78. The maximum absolute atomic E-state index is 13.8. The Balaban J connectivity index is 1.13. The van der Waals surface area contributed by atoms with Crippen LogP contribution in [0.2, 0.25) is 0 Å². The summed E-state index contributed by atoms with van der Waals surface area (Å²) in [5.74, 6) is 3.35. The lowest BCUT2D eigenvalue weighted by atomic mass is 9.49. The SMILES string of the molecule is COc1ccc2cc(CNC(=O)C3CCCN3C(=O)C34CC5CC(CC(C5)C3)C4)ccc2c1. The molecule has 2 aromatic carbocycles. The number of ether oxygens (including phenoxy) is 1. The van der Waals surface area contributed by atoms with E-state index in [0.29, 0.717) is 12.5 Å². The number of hydrogen-bond acceptors (Lipinski definition) is 3. The summed E-state index contributed by atoms with van der Waals surface area (Å²) < 4.78 is 5.31. The highest BCUT2D eigenvalue weighted by atomic mass is 16.5. The first-order chi connectivity index (χ1) is 16.0. The number of likely N-dealkylation sites (tertiary alicyclic amines) is 1. The topological polar surface area (TPSA) is 58.6 Å².